The van der Waals surface area contributed by atoms with Crippen molar-refractivity contribution >= 4 is 5.97 Å². The van der Waals surface area contributed by atoms with E-state index < -0.39 is 5.97 Å². The third-order valence-electron chi connectivity index (χ3n) is 1.55. The lowest BCUT2D eigenvalue weighted by molar-refractivity contribution is 0.0555. The molecule has 0 saturated carbocycles. The summed E-state index contributed by atoms with van der Waals surface area (Å²) in [5, 5.41) is 0. The van der Waals surface area contributed by atoms with Crippen LogP contribution in [0.1, 0.15) is 15.9 Å². The van der Waals surface area contributed by atoms with Crippen LogP contribution in [0.15, 0.2) is 18.5 Å². The van der Waals surface area contributed by atoms with Crippen LogP contribution in [0, 0.1) is 19.3 Å². The third kappa shape index (κ3) is 2.31. The molecule has 0 radical (unpaired) electrons. The fourth-order valence-electron chi connectivity index (χ4n) is 0.863. The number of aromatic nitrogens is 1. The van der Waals surface area contributed by atoms with Crippen molar-refractivity contribution < 1.29 is 9.53 Å². The Morgan fingerprint density at radius 3 is 3.15 bits per heavy atom. The second-order valence-corrected chi connectivity index (χ2v) is 2.47. The van der Waals surface area contributed by atoms with Gasteiger partial charge in [-0.15, -0.1) is 6.42 Å². The Kier molecular flexibility index (Phi) is 3.04. The van der Waals surface area contributed by atoms with Crippen molar-refractivity contribution in [3.8, 4) is 12.3 Å². The molecule has 1 rings (SSSR count). The summed E-state index contributed by atoms with van der Waals surface area (Å²) in [6.45, 7) is 1.81. The Hall–Kier alpha value is -1.82. The minimum atomic E-state index is -0.427. The Morgan fingerprint density at radius 2 is 2.54 bits per heavy atom. The summed E-state index contributed by atoms with van der Waals surface area (Å²) in [5.41, 5.74) is 1.29. The van der Waals surface area contributed by atoms with Crippen LogP contribution in [0.2, 0.25) is 0 Å². The molecule has 0 unspecified atom stereocenters. The summed E-state index contributed by atoms with van der Waals surface area (Å²) in [5.74, 6) is 1.80. The SMILES string of the molecule is C#CCOC(=O)c1cnccc1C. The van der Waals surface area contributed by atoms with E-state index in [9.17, 15) is 4.79 Å². The zero-order valence-corrected chi connectivity index (χ0v) is 7.28. The first-order valence-electron chi connectivity index (χ1n) is 3.77. The maximum atomic E-state index is 11.3. The van der Waals surface area contributed by atoms with Crippen molar-refractivity contribution in [1.82, 2.24) is 4.98 Å². The lowest BCUT2D eigenvalue weighted by atomic mass is 10.2. The number of aryl methyl sites for hydroxylation is 1. The molecule has 13 heavy (non-hydrogen) atoms. The first-order valence-corrected chi connectivity index (χ1v) is 3.77. The van der Waals surface area contributed by atoms with Gasteiger partial charge in [0.2, 0.25) is 0 Å². The first-order chi connectivity index (χ1) is 6.25. The number of hydrogen-bond acceptors (Lipinski definition) is 3. The lowest BCUT2D eigenvalue weighted by Gasteiger charge is -2.02. The highest BCUT2D eigenvalue weighted by Gasteiger charge is 2.08. The fraction of sp³-hybridized carbons (Fsp3) is 0.200. The first kappa shape index (κ1) is 9.27. The van der Waals surface area contributed by atoms with Gasteiger partial charge in [0.05, 0.1) is 5.56 Å². The molecule has 0 spiro atoms. The number of ether oxygens (including phenoxy) is 1. The number of carbonyl (C=O) groups excluding carboxylic acids is 1. The van der Waals surface area contributed by atoms with Crippen molar-refractivity contribution in [3.63, 3.8) is 0 Å². The van der Waals surface area contributed by atoms with E-state index >= 15 is 0 Å². The van der Waals surface area contributed by atoms with Gasteiger partial charge in [-0.25, -0.2) is 4.79 Å². The van der Waals surface area contributed by atoms with Crippen molar-refractivity contribution in [2.75, 3.05) is 6.61 Å². The topological polar surface area (TPSA) is 39.2 Å². The maximum absolute atomic E-state index is 11.3. The van der Waals surface area contributed by atoms with E-state index in [2.05, 4.69) is 10.9 Å². The molecule has 3 heteroatoms. The lowest BCUT2D eigenvalue weighted by Crippen LogP contribution is -2.07. The summed E-state index contributed by atoms with van der Waals surface area (Å²) in [6, 6.07) is 1.74. The Bertz CT molecular complexity index is 352. The van der Waals surface area contributed by atoms with E-state index in [1.54, 1.807) is 12.3 Å². The average Bonchev–Trinajstić information content (AvgIpc) is 2.15. The van der Waals surface area contributed by atoms with Crippen molar-refractivity contribution in [1.29, 1.82) is 0 Å². The predicted molar refractivity (Wildman–Crippen MR) is 48.1 cm³/mol. The Morgan fingerprint density at radius 1 is 1.77 bits per heavy atom. The van der Waals surface area contributed by atoms with Crippen LogP contribution in [0.4, 0.5) is 0 Å². The second-order valence-electron chi connectivity index (χ2n) is 2.47. The number of rotatable bonds is 2. The van der Waals surface area contributed by atoms with E-state index in [4.69, 9.17) is 11.2 Å². The molecule has 0 atom stereocenters. The molecule has 3 nitrogen and oxygen atoms in total. The monoisotopic (exact) mass is 175 g/mol. The van der Waals surface area contributed by atoms with Crippen molar-refractivity contribution in [2.45, 2.75) is 6.92 Å². The molecule has 0 aromatic carbocycles. The number of carbonyl (C=O) groups is 1. The Labute approximate surface area is 76.8 Å². The summed E-state index contributed by atoms with van der Waals surface area (Å²) < 4.78 is 4.74. The zero-order chi connectivity index (χ0) is 9.68. The minimum Gasteiger partial charge on any atom is -0.449 e. The largest absolute Gasteiger partial charge is 0.449 e. The average molecular weight is 175 g/mol. The summed E-state index contributed by atoms with van der Waals surface area (Å²) >= 11 is 0. The van der Waals surface area contributed by atoms with E-state index in [-0.39, 0.29) is 6.61 Å². The van der Waals surface area contributed by atoms with Gasteiger partial charge in [-0.2, -0.15) is 0 Å². The van der Waals surface area contributed by atoms with E-state index in [1.165, 1.54) is 6.20 Å². The molecule has 0 bridgehead atoms. The van der Waals surface area contributed by atoms with Crippen LogP contribution in [-0.2, 0) is 4.74 Å². The number of esters is 1. The highest BCUT2D eigenvalue weighted by atomic mass is 16.5. The normalized spacial score (nSPS) is 8.92. The number of hydrogen-bond donors (Lipinski definition) is 0. The van der Waals surface area contributed by atoms with Crippen LogP contribution in [0.5, 0.6) is 0 Å². The van der Waals surface area contributed by atoms with Crippen molar-refractivity contribution in [2.24, 2.45) is 0 Å². The van der Waals surface area contributed by atoms with Gasteiger partial charge in [0.15, 0.2) is 6.61 Å². The molecule has 1 heterocycles. The highest BCUT2D eigenvalue weighted by Crippen LogP contribution is 2.06. The quantitative estimate of drug-likeness (QED) is 0.500. The highest BCUT2D eigenvalue weighted by molar-refractivity contribution is 5.90. The molecule has 0 N–H and O–H groups in total. The fourth-order valence-corrected chi connectivity index (χ4v) is 0.863. The second kappa shape index (κ2) is 4.27. The summed E-state index contributed by atoms with van der Waals surface area (Å²) in [4.78, 5) is 15.1. The van der Waals surface area contributed by atoms with Crippen LogP contribution >= 0.6 is 0 Å². The molecule has 1 aromatic heterocycles. The van der Waals surface area contributed by atoms with E-state index in [1.807, 2.05) is 6.92 Å². The predicted octanol–water partition coefficient (Wildman–Crippen LogP) is 1.18. The molecular formula is C10H9NO2. The van der Waals surface area contributed by atoms with Gasteiger partial charge >= 0.3 is 5.97 Å². The maximum Gasteiger partial charge on any atom is 0.340 e. The van der Waals surface area contributed by atoms with E-state index in [0.29, 0.717) is 5.56 Å². The molecule has 0 aliphatic heterocycles. The van der Waals surface area contributed by atoms with Crippen LogP contribution in [-0.4, -0.2) is 17.6 Å². The van der Waals surface area contributed by atoms with Crippen LogP contribution in [0.3, 0.4) is 0 Å². The third-order valence-corrected chi connectivity index (χ3v) is 1.55. The minimum absolute atomic E-state index is 0.00678. The molecule has 0 aliphatic rings. The number of terminal acetylenes is 1. The molecule has 0 aliphatic carbocycles. The van der Waals surface area contributed by atoms with Gasteiger partial charge in [-0.3, -0.25) is 4.98 Å². The molecule has 0 saturated heterocycles. The Balaban J connectivity index is 2.78. The molecule has 0 fully saturated rings. The van der Waals surface area contributed by atoms with Crippen LogP contribution < -0.4 is 0 Å². The van der Waals surface area contributed by atoms with Gasteiger partial charge in [0, 0.05) is 12.4 Å². The summed E-state index contributed by atoms with van der Waals surface area (Å²) in [6.07, 6.45) is 8.03. The summed E-state index contributed by atoms with van der Waals surface area (Å²) in [7, 11) is 0. The van der Waals surface area contributed by atoms with Crippen molar-refractivity contribution in [3.05, 3.63) is 29.6 Å². The van der Waals surface area contributed by atoms with Gasteiger partial charge < -0.3 is 4.74 Å². The standard InChI is InChI=1S/C10H9NO2/c1-3-6-13-10(12)9-7-11-5-4-8(9)2/h1,4-5,7H,6H2,2H3. The smallest absolute Gasteiger partial charge is 0.340 e. The number of pyridine rings is 1. The van der Waals surface area contributed by atoms with Gasteiger partial charge in [0.25, 0.3) is 0 Å². The van der Waals surface area contributed by atoms with Gasteiger partial charge in [0.1, 0.15) is 0 Å². The van der Waals surface area contributed by atoms with Crippen LogP contribution in [0.25, 0.3) is 0 Å². The van der Waals surface area contributed by atoms with Gasteiger partial charge in [-0.05, 0) is 18.6 Å². The molecule has 0 amide bonds. The van der Waals surface area contributed by atoms with Gasteiger partial charge in [-0.1, -0.05) is 5.92 Å². The molecule has 66 valence electrons. The molecular weight excluding hydrogens is 166 g/mol. The number of nitrogens with zero attached hydrogens (tertiary/aromatic N) is 1. The van der Waals surface area contributed by atoms with E-state index in [0.717, 1.165) is 5.56 Å². The molecule has 1 aromatic rings. The zero-order valence-electron chi connectivity index (χ0n) is 7.28.